The molecule has 0 amide bonds. The number of aliphatic hydroxyl groups is 3. The Labute approximate surface area is 177 Å². The molecule has 0 fully saturated rings. The lowest BCUT2D eigenvalue weighted by atomic mass is 10.1. The Morgan fingerprint density at radius 1 is 0.862 bits per heavy atom. The van der Waals surface area contributed by atoms with Crippen LogP contribution in [0.15, 0.2) is 12.2 Å². The van der Waals surface area contributed by atoms with Crippen LogP contribution >= 0.6 is 0 Å². The van der Waals surface area contributed by atoms with Gasteiger partial charge in [0.2, 0.25) is 0 Å². The predicted octanol–water partition coefficient (Wildman–Crippen LogP) is 4.26. The lowest BCUT2D eigenvalue weighted by Crippen LogP contribution is -2.21. The highest BCUT2D eigenvalue weighted by Gasteiger charge is 2.07. The van der Waals surface area contributed by atoms with Gasteiger partial charge in [0.1, 0.15) is 12.7 Å². The zero-order valence-electron chi connectivity index (χ0n) is 18.4. The summed E-state index contributed by atoms with van der Waals surface area (Å²) in [5.41, 5.74) is 0. The quantitative estimate of drug-likeness (QED) is 0.112. The van der Waals surface area contributed by atoms with E-state index in [1.165, 1.54) is 32.1 Å². The Hall–Kier alpha value is -0.950. The third-order valence-electron chi connectivity index (χ3n) is 4.75. The number of carbonyl (C=O) groups excluding carboxylic acids is 1. The van der Waals surface area contributed by atoms with Crippen LogP contribution in [-0.2, 0) is 14.3 Å². The third-order valence-corrected chi connectivity index (χ3v) is 4.75. The van der Waals surface area contributed by atoms with Gasteiger partial charge in [0.25, 0.3) is 0 Å². The van der Waals surface area contributed by atoms with Crippen molar-refractivity contribution in [3.63, 3.8) is 0 Å². The second kappa shape index (κ2) is 21.8. The van der Waals surface area contributed by atoms with E-state index in [-0.39, 0.29) is 19.2 Å². The third kappa shape index (κ3) is 21.6. The first kappa shape index (κ1) is 28.1. The summed E-state index contributed by atoms with van der Waals surface area (Å²) in [6.45, 7) is 1.96. The van der Waals surface area contributed by atoms with E-state index in [1.54, 1.807) is 0 Å². The first-order valence-corrected chi connectivity index (χ1v) is 11.5. The Balaban J connectivity index is 3.26. The first-order valence-electron chi connectivity index (χ1n) is 11.5. The van der Waals surface area contributed by atoms with Gasteiger partial charge in [-0.1, -0.05) is 50.7 Å². The molecule has 0 aromatic rings. The van der Waals surface area contributed by atoms with Crippen LogP contribution in [0.3, 0.4) is 0 Å². The molecule has 0 aliphatic heterocycles. The Bertz CT molecular complexity index is 386. The van der Waals surface area contributed by atoms with Crippen LogP contribution in [0.2, 0.25) is 0 Å². The van der Waals surface area contributed by atoms with Crippen molar-refractivity contribution in [1.82, 2.24) is 0 Å². The van der Waals surface area contributed by atoms with Gasteiger partial charge in [-0.2, -0.15) is 0 Å². The number of rotatable bonds is 21. The fourth-order valence-electron chi connectivity index (χ4n) is 3.00. The van der Waals surface area contributed by atoms with Gasteiger partial charge in [-0.25, -0.2) is 0 Å². The number of hydrogen-bond acceptors (Lipinski definition) is 6. The molecule has 29 heavy (non-hydrogen) atoms. The molecule has 0 spiro atoms. The van der Waals surface area contributed by atoms with Crippen molar-refractivity contribution < 1.29 is 29.6 Å². The minimum absolute atomic E-state index is 0.125. The van der Waals surface area contributed by atoms with Crippen molar-refractivity contribution in [2.75, 3.05) is 19.8 Å². The average molecular weight is 417 g/mol. The zero-order chi connectivity index (χ0) is 21.6. The maximum atomic E-state index is 11.4. The summed E-state index contributed by atoms with van der Waals surface area (Å²) < 4.78 is 9.96. The Morgan fingerprint density at radius 2 is 1.41 bits per heavy atom. The number of allylic oxidation sites excluding steroid dienone is 2. The lowest BCUT2D eigenvalue weighted by Gasteiger charge is -2.09. The summed E-state index contributed by atoms with van der Waals surface area (Å²) in [6, 6.07) is 0. The molecule has 1 unspecified atom stereocenters. The number of ether oxygens (including phenoxy) is 2. The highest BCUT2D eigenvalue weighted by Crippen LogP contribution is 2.11. The second-order valence-electron chi connectivity index (χ2n) is 7.55. The van der Waals surface area contributed by atoms with Crippen LogP contribution in [-0.4, -0.2) is 53.5 Å². The Morgan fingerprint density at radius 3 is 2.00 bits per heavy atom. The zero-order valence-corrected chi connectivity index (χ0v) is 18.4. The summed E-state index contributed by atoms with van der Waals surface area (Å²) in [5, 5.41) is 27.2. The van der Waals surface area contributed by atoms with Crippen LogP contribution in [0.4, 0.5) is 0 Å². The van der Waals surface area contributed by atoms with E-state index in [0.717, 1.165) is 51.4 Å². The highest BCUT2D eigenvalue weighted by atomic mass is 16.6. The van der Waals surface area contributed by atoms with Gasteiger partial charge in [0.05, 0.1) is 6.61 Å². The molecule has 0 aliphatic rings. The minimum Gasteiger partial charge on any atom is -0.463 e. The van der Waals surface area contributed by atoms with E-state index in [0.29, 0.717) is 13.0 Å². The van der Waals surface area contributed by atoms with E-state index < -0.39 is 12.4 Å². The number of esters is 1. The first-order chi connectivity index (χ1) is 14.1. The SMILES string of the molecule is CCO[C@@H](O)CCCCCCCC=CCCCCCCCC(=O)OCC(O)CO. The standard InChI is InChI=1S/C23H44O6/c1-2-28-22(26)17-15-13-11-9-7-5-3-4-6-8-10-12-14-16-18-23(27)29-20-21(25)19-24/h3-4,21-22,24-26H,2,5-20H2,1H3/t21?,22-/m1/s1. The molecule has 6 heteroatoms. The molecule has 0 aromatic heterocycles. The average Bonchev–Trinajstić information content (AvgIpc) is 2.71. The van der Waals surface area contributed by atoms with E-state index in [2.05, 4.69) is 12.2 Å². The molecule has 0 saturated carbocycles. The molecular formula is C23H44O6. The Kier molecular flexibility index (Phi) is 21.0. The smallest absolute Gasteiger partial charge is 0.305 e. The molecule has 172 valence electrons. The predicted molar refractivity (Wildman–Crippen MR) is 115 cm³/mol. The van der Waals surface area contributed by atoms with Crippen molar-refractivity contribution in [2.45, 2.75) is 109 Å². The van der Waals surface area contributed by atoms with Gasteiger partial charge in [-0.05, 0) is 51.9 Å². The van der Waals surface area contributed by atoms with E-state index in [9.17, 15) is 9.90 Å². The van der Waals surface area contributed by atoms with Crippen molar-refractivity contribution in [3.8, 4) is 0 Å². The highest BCUT2D eigenvalue weighted by molar-refractivity contribution is 5.69. The van der Waals surface area contributed by atoms with Gasteiger partial charge in [0, 0.05) is 13.0 Å². The number of unbranched alkanes of at least 4 members (excludes halogenated alkanes) is 10. The molecule has 0 bridgehead atoms. The molecule has 2 atom stereocenters. The number of carbonyl (C=O) groups is 1. The van der Waals surface area contributed by atoms with E-state index in [4.69, 9.17) is 19.7 Å². The van der Waals surface area contributed by atoms with E-state index >= 15 is 0 Å². The van der Waals surface area contributed by atoms with Gasteiger partial charge < -0.3 is 24.8 Å². The van der Waals surface area contributed by atoms with Crippen molar-refractivity contribution in [2.24, 2.45) is 0 Å². The minimum atomic E-state index is -0.974. The molecule has 0 radical (unpaired) electrons. The molecule has 0 rings (SSSR count). The molecule has 0 aliphatic carbocycles. The fraction of sp³-hybridized carbons (Fsp3) is 0.870. The van der Waals surface area contributed by atoms with Gasteiger partial charge in [-0.3, -0.25) is 4.79 Å². The van der Waals surface area contributed by atoms with Crippen LogP contribution in [0.25, 0.3) is 0 Å². The van der Waals surface area contributed by atoms with Crippen molar-refractivity contribution in [3.05, 3.63) is 12.2 Å². The van der Waals surface area contributed by atoms with Gasteiger partial charge in [-0.15, -0.1) is 0 Å². The van der Waals surface area contributed by atoms with Crippen LogP contribution in [0.1, 0.15) is 96.8 Å². The monoisotopic (exact) mass is 416 g/mol. The summed E-state index contributed by atoms with van der Waals surface area (Å²) >= 11 is 0. The maximum absolute atomic E-state index is 11.4. The molecule has 0 aromatic carbocycles. The van der Waals surface area contributed by atoms with Crippen LogP contribution in [0.5, 0.6) is 0 Å². The maximum Gasteiger partial charge on any atom is 0.305 e. The second-order valence-corrected chi connectivity index (χ2v) is 7.55. The molecule has 6 nitrogen and oxygen atoms in total. The summed E-state index contributed by atoms with van der Waals surface area (Å²) in [6.07, 6.45) is 17.6. The summed E-state index contributed by atoms with van der Waals surface area (Å²) in [7, 11) is 0. The molecule has 0 heterocycles. The fourth-order valence-corrected chi connectivity index (χ4v) is 3.00. The van der Waals surface area contributed by atoms with Gasteiger partial charge >= 0.3 is 5.97 Å². The number of hydrogen-bond donors (Lipinski definition) is 3. The molecule has 0 saturated heterocycles. The summed E-state index contributed by atoms with van der Waals surface area (Å²) in [5.74, 6) is -0.302. The molecule has 3 N–H and O–H groups in total. The van der Waals surface area contributed by atoms with Crippen LogP contribution < -0.4 is 0 Å². The van der Waals surface area contributed by atoms with E-state index in [1.807, 2.05) is 6.92 Å². The topological polar surface area (TPSA) is 96.2 Å². The van der Waals surface area contributed by atoms with Crippen molar-refractivity contribution in [1.29, 1.82) is 0 Å². The largest absolute Gasteiger partial charge is 0.463 e. The lowest BCUT2D eigenvalue weighted by molar-refractivity contribution is -0.147. The normalized spacial score (nSPS) is 13.7. The van der Waals surface area contributed by atoms with Crippen molar-refractivity contribution >= 4 is 5.97 Å². The van der Waals surface area contributed by atoms with Gasteiger partial charge in [0.15, 0.2) is 6.29 Å². The molecular weight excluding hydrogens is 372 g/mol. The van der Waals surface area contributed by atoms with Crippen LogP contribution in [0, 0.1) is 0 Å². The number of aliphatic hydroxyl groups excluding tert-OH is 3. The summed E-state index contributed by atoms with van der Waals surface area (Å²) in [4.78, 5) is 11.4.